The Balaban J connectivity index is 0.00000216. The summed E-state index contributed by atoms with van der Waals surface area (Å²) >= 11 is 6.12. The van der Waals surface area contributed by atoms with E-state index >= 15 is 0 Å². The fourth-order valence-electron chi connectivity index (χ4n) is 5.89. The van der Waals surface area contributed by atoms with Gasteiger partial charge in [0.2, 0.25) is 0 Å². The molecule has 0 aromatic carbocycles. The van der Waals surface area contributed by atoms with Crippen molar-refractivity contribution in [2.75, 3.05) is 26.2 Å². The van der Waals surface area contributed by atoms with Crippen LogP contribution in [-0.4, -0.2) is 48.1 Å². The standard InChI is InChI=1S/C30H43ClN2.2H2O/c1-22(2)30(21-33-17-15-26(16-18-33)25-11-13-28(31)14-12-25)32-20-24-8-6-9-27(19-24)29-10-5-4-7-23(29)3;;/h4-7,9-11,13-14,19,22-26,29-30,32H,8,12,15-18,20-21H2,1-3H3;2*1H2/t23?,24?,25?,29?,30-;;/m0../s1. The van der Waals surface area contributed by atoms with Crippen molar-refractivity contribution in [3.63, 3.8) is 0 Å². The summed E-state index contributed by atoms with van der Waals surface area (Å²) in [5, 5.41) is 4.87. The summed E-state index contributed by atoms with van der Waals surface area (Å²) in [5.74, 6) is 3.86. The Morgan fingerprint density at radius 3 is 2.43 bits per heavy atom. The molecule has 0 amide bonds. The molecule has 5 N–H and O–H groups in total. The number of halogens is 1. The average molecular weight is 503 g/mol. The Bertz CT molecular complexity index is 833. The Morgan fingerprint density at radius 1 is 1.03 bits per heavy atom. The average Bonchev–Trinajstić information content (AvgIpc) is 2.83. The Kier molecular flexibility index (Phi) is 12.2. The lowest BCUT2D eigenvalue weighted by atomic mass is 9.80. The number of piperidine rings is 1. The minimum Gasteiger partial charge on any atom is -0.412 e. The van der Waals surface area contributed by atoms with E-state index < -0.39 is 0 Å². The third-order valence-electron chi connectivity index (χ3n) is 8.20. The van der Waals surface area contributed by atoms with Gasteiger partial charge in [-0.25, -0.2) is 0 Å². The summed E-state index contributed by atoms with van der Waals surface area (Å²) in [7, 11) is 0. The lowest BCUT2D eigenvalue weighted by Crippen LogP contribution is -2.48. The Hall–Kier alpha value is -1.43. The van der Waals surface area contributed by atoms with E-state index in [9.17, 15) is 0 Å². The van der Waals surface area contributed by atoms with Crippen LogP contribution in [0.25, 0.3) is 0 Å². The maximum Gasteiger partial charge on any atom is 0.0363 e. The molecule has 0 spiro atoms. The largest absolute Gasteiger partial charge is 0.412 e. The quantitative estimate of drug-likeness (QED) is 0.492. The van der Waals surface area contributed by atoms with E-state index in [-0.39, 0.29) is 11.0 Å². The first kappa shape index (κ1) is 29.8. The van der Waals surface area contributed by atoms with E-state index in [1.807, 2.05) is 0 Å². The minimum absolute atomic E-state index is 0. The lowest BCUT2D eigenvalue weighted by Gasteiger charge is -2.38. The van der Waals surface area contributed by atoms with Crippen molar-refractivity contribution in [3.05, 3.63) is 71.4 Å². The Morgan fingerprint density at radius 2 is 1.77 bits per heavy atom. The van der Waals surface area contributed by atoms with E-state index in [4.69, 9.17) is 11.6 Å². The number of nitrogens with one attached hydrogen (secondary N) is 1. The number of rotatable bonds is 8. The summed E-state index contributed by atoms with van der Waals surface area (Å²) in [5.41, 5.74) is 1.50. The van der Waals surface area contributed by atoms with Crippen molar-refractivity contribution in [1.82, 2.24) is 10.2 Å². The monoisotopic (exact) mass is 502 g/mol. The van der Waals surface area contributed by atoms with E-state index in [0.29, 0.717) is 35.6 Å². The van der Waals surface area contributed by atoms with Crippen molar-refractivity contribution in [1.29, 1.82) is 0 Å². The summed E-state index contributed by atoms with van der Waals surface area (Å²) < 4.78 is 0. The highest BCUT2D eigenvalue weighted by Gasteiger charge is 2.28. The van der Waals surface area contributed by atoms with Gasteiger partial charge in [0.15, 0.2) is 0 Å². The van der Waals surface area contributed by atoms with Crippen molar-refractivity contribution in [3.8, 4) is 0 Å². The van der Waals surface area contributed by atoms with Crippen molar-refractivity contribution < 1.29 is 11.0 Å². The zero-order valence-electron chi connectivity index (χ0n) is 21.8. The van der Waals surface area contributed by atoms with Crippen LogP contribution in [0.3, 0.4) is 0 Å². The number of allylic oxidation sites excluding steroid dienone is 11. The van der Waals surface area contributed by atoms with E-state index in [0.717, 1.165) is 30.3 Å². The highest BCUT2D eigenvalue weighted by molar-refractivity contribution is 6.31. The van der Waals surface area contributed by atoms with Gasteiger partial charge >= 0.3 is 0 Å². The molecule has 0 saturated carbocycles. The number of hydrogen-bond donors (Lipinski definition) is 1. The van der Waals surface area contributed by atoms with Crippen LogP contribution < -0.4 is 5.32 Å². The molecule has 4 unspecified atom stereocenters. The van der Waals surface area contributed by atoms with E-state index in [1.54, 1.807) is 0 Å². The van der Waals surface area contributed by atoms with Crippen LogP contribution in [0.15, 0.2) is 71.4 Å². The molecule has 5 atom stereocenters. The highest BCUT2D eigenvalue weighted by atomic mass is 35.5. The zero-order valence-corrected chi connectivity index (χ0v) is 22.6. The van der Waals surface area contributed by atoms with Gasteiger partial charge in [-0.05, 0) is 80.0 Å². The molecular formula is C30H47ClN2O2. The van der Waals surface area contributed by atoms with Gasteiger partial charge < -0.3 is 21.2 Å². The summed E-state index contributed by atoms with van der Waals surface area (Å²) in [6.07, 6.45) is 27.9. The molecule has 4 nitrogen and oxygen atoms in total. The van der Waals surface area contributed by atoms with Crippen LogP contribution in [0, 0.1) is 35.5 Å². The van der Waals surface area contributed by atoms with Gasteiger partial charge in [-0.1, -0.05) is 87.1 Å². The fourth-order valence-corrected chi connectivity index (χ4v) is 6.05. The molecular weight excluding hydrogens is 456 g/mol. The first-order valence-electron chi connectivity index (χ1n) is 13.2. The molecule has 0 radical (unpaired) electrons. The summed E-state index contributed by atoms with van der Waals surface area (Å²) in [6.45, 7) is 11.8. The van der Waals surface area contributed by atoms with Gasteiger partial charge in [0, 0.05) is 30.1 Å². The smallest absolute Gasteiger partial charge is 0.0363 e. The van der Waals surface area contributed by atoms with Gasteiger partial charge in [-0.15, -0.1) is 0 Å². The lowest BCUT2D eigenvalue weighted by molar-refractivity contribution is 0.138. The minimum atomic E-state index is 0. The molecule has 196 valence electrons. The second kappa shape index (κ2) is 14.3. The van der Waals surface area contributed by atoms with E-state index in [2.05, 4.69) is 91.7 Å². The van der Waals surface area contributed by atoms with Crippen molar-refractivity contribution in [2.45, 2.75) is 52.5 Å². The maximum atomic E-state index is 6.12. The number of hydrogen-bond acceptors (Lipinski definition) is 2. The number of nitrogens with zero attached hydrogens (tertiary/aromatic N) is 1. The van der Waals surface area contributed by atoms with Gasteiger partial charge in [0.05, 0.1) is 0 Å². The first-order chi connectivity index (χ1) is 16.0. The summed E-state index contributed by atoms with van der Waals surface area (Å²) in [4.78, 5) is 2.70. The molecule has 0 aromatic heterocycles. The second-order valence-electron chi connectivity index (χ2n) is 11.0. The van der Waals surface area contributed by atoms with Crippen molar-refractivity contribution >= 4 is 11.6 Å². The molecule has 1 saturated heterocycles. The first-order valence-corrected chi connectivity index (χ1v) is 13.6. The van der Waals surface area contributed by atoms with Crippen LogP contribution in [-0.2, 0) is 0 Å². The zero-order chi connectivity index (χ0) is 23.2. The highest BCUT2D eigenvalue weighted by Crippen LogP contribution is 2.33. The summed E-state index contributed by atoms with van der Waals surface area (Å²) in [6, 6.07) is 0.553. The SMILES string of the molecule is CC1C=CC=CC1C1=CC(CN[C@@H](CN2CCC(C3C=CC(Cl)=CC3)CC2)C(C)C)CC=C1.O.O. The van der Waals surface area contributed by atoms with Crippen LogP contribution >= 0.6 is 11.6 Å². The van der Waals surface area contributed by atoms with Crippen molar-refractivity contribution in [2.24, 2.45) is 35.5 Å². The van der Waals surface area contributed by atoms with Gasteiger partial charge in [-0.3, -0.25) is 0 Å². The predicted octanol–water partition coefficient (Wildman–Crippen LogP) is 5.24. The third-order valence-corrected chi connectivity index (χ3v) is 8.48. The molecule has 3 aliphatic carbocycles. The molecule has 0 aromatic rings. The van der Waals surface area contributed by atoms with Gasteiger partial charge in [0.25, 0.3) is 0 Å². The number of likely N-dealkylation sites (tertiary alicyclic amines) is 1. The molecule has 1 heterocycles. The molecule has 1 fully saturated rings. The topological polar surface area (TPSA) is 78.3 Å². The van der Waals surface area contributed by atoms with E-state index in [1.165, 1.54) is 38.0 Å². The Labute approximate surface area is 218 Å². The van der Waals surface area contributed by atoms with Crippen LogP contribution in [0.5, 0.6) is 0 Å². The van der Waals surface area contributed by atoms with Crippen LogP contribution in [0.1, 0.15) is 46.5 Å². The van der Waals surface area contributed by atoms with Gasteiger partial charge in [-0.2, -0.15) is 0 Å². The van der Waals surface area contributed by atoms with Crippen LogP contribution in [0.2, 0.25) is 0 Å². The second-order valence-corrected chi connectivity index (χ2v) is 11.4. The normalized spacial score (nSPS) is 29.9. The third kappa shape index (κ3) is 8.30. The molecule has 4 aliphatic rings. The molecule has 4 rings (SSSR count). The molecule has 5 heteroatoms. The van der Waals surface area contributed by atoms with Gasteiger partial charge in [0.1, 0.15) is 0 Å². The molecule has 0 bridgehead atoms. The maximum absolute atomic E-state index is 6.12. The fraction of sp³-hybridized carbons (Fsp3) is 0.600. The molecule has 1 aliphatic heterocycles. The molecule has 35 heavy (non-hydrogen) atoms. The predicted molar refractivity (Wildman–Crippen MR) is 150 cm³/mol. The van der Waals surface area contributed by atoms with Crippen LogP contribution in [0.4, 0.5) is 0 Å².